The van der Waals surface area contributed by atoms with E-state index in [4.69, 9.17) is 0 Å². The number of nitrogens with one attached hydrogen (secondary N) is 2. The SMILES string of the molecule is CCC(C)(C)NC(=O)c1ccc(NC(=O)c2ccc(CN3C(=O)CCC3=O)cc2)cc1. The van der Waals surface area contributed by atoms with Gasteiger partial charge in [-0.25, -0.2) is 0 Å². The van der Waals surface area contributed by atoms with Gasteiger partial charge in [0, 0.05) is 35.2 Å². The highest BCUT2D eigenvalue weighted by Crippen LogP contribution is 2.17. The summed E-state index contributed by atoms with van der Waals surface area (Å²) in [6.45, 7) is 6.16. The van der Waals surface area contributed by atoms with E-state index in [1.165, 1.54) is 4.90 Å². The van der Waals surface area contributed by atoms with Crippen molar-refractivity contribution in [2.75, 3.05) is 5.32 Å². The van der Waals surface area contributed by atoms with Crippen molar-refractivity contribution in [3.63, 3.8) is 0 Å². The summed E-state index contributed by atoms with van der Waals surface area (Å²) in [6.07, 6.45) is 1.34. The zero-order valence-corrected chi connectivity index (χ0v) is 18.0. The molecule has 0 bridgehead atoms. The van der Waals surface area contributed by atoms with Crippen molar-refractivity contribution in [3.8, 4) is 0 Å². The van der Waals surface area contributed by atoms with Crippen LogP contribution >= 0.6 is 0 Å². The Morgan fingerprint density at radius 1 is 0.871 bits per heavy atom. The molecular weight excluding hydrogens is 394 g/mol. The third-order valence-corrected chi connectivity index (χ3v) is 5.45. The van der Waals surface area contributed by atoms with Gasteiger partial charge >= 0.3 is 0 Å². The number of benzene rings is 2. The van der Waals surface area contributed by atoms with Crippen LogP contribution in [0, 0.1) is 0 Å². The number of rotatable bonds is 7. The molecule has 7 nitrogen and oxygen atoms in total. The van der Waals surface area contributed by atoms with Gasteiger partial charge in [-0.2, -0.15) is 0 Å². The summed E-state index contributed by atoms with van der Waals surface area (Å²) in [5.74, 6) is -0.774. The topological polar surface area (TPSA) is 95.6 Å². The molecule has 0 aliphatic carbocycles. The van der Waals surface area contributed by atoms with Gasteiger partial charge in [0.15, 0.2) is 0 Å². The van der Waals surface area contributed by atoms with Crippen LogP contribution in [0.25, 0.3) is 0 Å². The Balaban J connectivity index is 1.59. The Labute approximate surface area is 181 Å². The molecule has 7 heteroatoms. The van der Waals surface area contributed by atoms with Crippen LogP contribution in [-0.2, 0) is 16.1 Å². The smallest absolute Gasteiger partial charge is 0.255 e. The molecule has 1 fully saturated rings. The average Bonchev–Trinajstić information content (AvgIpc) is 3.06. The summed E-state index contributed by atoms with van der Waals surface area (Å²) < 4.78 is 0. The molecule has 162 valence electrons. The van der Waals surface area contributed by atoms with Crippen molar-refractivity contribution in [3.05, 3.63) is 65.2 Å². The van der Waals surface area contributed by atoms with Crippen LogP contribution in [0.2, 0.25) is 0 Å². The second-order valence-electron chi connectivity index (χ2n) is 8.29. The summed E-state index contributed by atoms with van der Waals surface area (Å²) in [5.41, 5.74) is 2.05. The van der Waals surface area contributed by atoms with Crippen molar-refractivity contribution in [1.29, 1.82) is 0 Å². The fraction of sp³-hybridized carbons (Fsp3) is 0.333. The summed E-state index contributed by atoms with van der Waals surface area (Å²) >= 11 is 0. The largest absolute Gasteiger partial charge is 0.347 e. The van der Waals surface area contributed by atoms with E-state index in [0.29, 0.717) is 16.8 Å². The second kappa shape index (κ2) is 9.12. The highest BCUT2D eigenvalue weighted by atomic mass is 16.2. The molecule has 0 aromatic heterocycles. The molecule has 1 aliphatic rings. The van der Waals surface area contributed by atoms with Gasteiger partial charge < -0.3 is 10.6 Å². The fourth-order valence-electron chi connectivity index (χ4n) is 3.12. The minimum atomic E-state index is -0.288. The molecule has 3 rings (SSSR count). The highest BCUT2D eigenvalue weighted by molar-refractivity contribution is 6.05. The van der Waals surface area contributed by atoms with Gasteiger partial charge in [0.25, 0.3) is 11.8 Å². The molecule has 0 spiro atoms. The molecule has 1 saturated heterocycles. The molecule has 0 radical (unpaired) electrons. The van der Waals surface area contributed by atoms with E-state index in [2.05, 4.69) is 10.6 Å². The molecule has 0 unspecified atom stereocenters. The minimum Gasteiger partial charge on any atom is -0.347 e. The number of carbonyl (C=O) groups is 4. The number of amides is 4. The molecule has 1 aliphatic heterocycles. The summed E-state index contributed by atoms with van der Waals surface area (Å²) in [4.78, 5) is 49.5. The van der Waals surface area contributed by atoms with Crippen LogP contribution in [0.5, 0.6) is 0 Å². The summed E-state index contributed by atoms with van der Waals surface area (Å²) in [7, 11) is 0. The van der Waals surface area contributed by atoms with E-state index >= 15 is 0 Å². The first-order chi connectivity index (χ1) is 14.7. The van der Waals surface area contributed by atoms with Gasteiger partial charge in [-0.3, -0.25) is 24.1 Å². The zero-order chi connectivity index (χ0) is 22.6. The van der Waals surface area contributed by atoms with E-state index in [-0.39, 0.29) is 48.6 Å². The molecule has 1 heterocycles. The Bertz CT molecular complexity index is 978. The Morgan fingerprint density at radius 3 is 1.94 bits per heavy atom. The van der Waals surface area contributed by atoms with Crippen LogP contribution in [0.4, 0.5) is 5.69 Å². The second-order valence-corrected chi connectivity index (χ2v) is 8.29. The average molecular weight is 421 g/mol. The minimum absolute atomic E-state index is 0.157. The number of nitrogens with zero attached hydrogens (tertiary/aromatic N) is 1. The maximum Gasteiger partial charge on any atom is 0.255 e. The third-order valence-electron chi connectivity index (χ3n) is 5.45. The Kier molecular flexibility index (Phi) is 6.53. The van der Waals surface area contributed by atoms with Crippen molar-refractivity contribution in [2.24, 2.45) is 0 Å². The predicted octanol–water partition coefficient (Wildman–Crippen LogP) is 3.51. The molecule has 2 aromatic carbocycles. The molecule has 0 atom stereocenters. The molecule has 2 N–H and O–H groups in total. The number of imide groups is 1. The van der Waals surface area contributed by atoms with Gasteiger partial charge in [-0.15, -0.1) is 0 Å². The van der Waals surface area contributed by atoms with Gasteiger partial charge in [0.05, 0.1) is 6.54 Å². The lowest BCUT2D eigenvalue weighted by Crippen LogP contribution is -2.42. The lowest BCUT2D eigenvalue weighted by Gasteiger charge is -2.24. The van der Waals surface area contributed by atoms with Crippen molar-refractivity contribution in [1.82, 2.24) is 10.2 Å². The van der Waals surface area contributed by atoms with Crippen LogP contribution in [0.15, 0.2) is 48.5 Å². The number of carbonyl (C=O) groups excluding carboxylic acids is 4. The maximum absolute atomic E-state index is 12.5. The first-order valence-electron chi connectivity index (χ1n) is 10.3. The molecule has 4 amide bonds. The quantitative estimate of drug-likeness (QED) is 0.669. The molecule has 0 saturated carbocycles. The van der Waals surface area contributed by atoms with Crippen molar-refractivity contribution in [2.45, 2.75) is 52.1 Å². The van der Waals surface area contributed by atoms with Crippen molar-refractivity contribution >= 4 is 29.3 Å². The third kappa shape index (κ3) is 5.57. The van der Waals surface area contributed by atoms with Gasteiger partial charge in [-0.1, -0.05) is 19.1 Å². The monoisotopic (exact) mass is 421 g/mol. The number of likely N-dealkylation sites (tertiary alicyclic amines) is 1. The van der Waals surface area contributed by atoms with E-state index in [9.17, 15) is 19.2 Å². The normalized spacial score (nSPS) is 14.0. The molecule has 2 aromatic rings. The number of hydrogen-bond acceptors (Lipinski definition) is 4. The van der Waals surface area contributed by atoms with Crippen LogP contribution in [0.3, 0.4) is 0 Å². The number of anilines is 1. The van der Waals surface area contributed by atoms with Crippen LogP contribution in [-0.4, -0.2) is 34.1 Å². The van der Waals surface area contributed by atoms with Crippen molar-refractivity contribution < 1.29 is 19.2 Å². The zero-order valence-electron chi connectivity index (χ0n) is 18.0. The summed E-state index contributed by atoms with van der Waals surface area (Å²) in [5, 5.41) is 5.77. The highest BCUT2D eigenvalue weighted by Gasteiger charge is 2.28. The van der Waals surface area contributed by atoms with Gasteiger partial charge in [-0.05, 0) is 62.2 Å². The van der Waals surface area contributed by atoms with Crippen LogP contribution < -0.4 is 10.6 Å². The fourth-order valence-corrected chi connectivity index (χ4v) is 3.12. The first kappa shape index (κ1) is 22.2. The van der Waals surface area contributed by atoms with E-state index in [0.717, 1.165) is 12.0 Å². The predicted molar refractivity (Wildman–Crippen MR) is 117 cm³/mol. The van der Waals surface area contributed by atoms with Gasteiger partial charge in [0.2, 0.25) is 11.8 Å². The lowest BCUT2D eigenvalue weighted by molar-refractivity contribution is -0.139. The van der Waals surface area contributed by atoms with E-state index in [1.54, 1.807) is 48.5 Å². The van der Waals surface area contributed by atoms with Crippen LogP contribution in [0.1, 0.15) is 66.3 Å². The number of hydrogen-bond donors (Lipinski definition) is 2. The lowest BCUT2D eigenvalue weighted by atomic mass is 10.0. The summed E-state index contributed by atoms with van der Waals surface area (Å²) in [6, 6.07) is 13.5. The Morgan fingerprint density at radius 2 is 1.39 bits per heavy atom. The molecule has 31 heavy (non-hydrogen) atoms. The van der Waals surface area contributed by atoms with Gasteiger partial charge in [0.1, 0.15) is 0 Å². The molecular formula is C24H27N3O4. The van der Waals surface area contributed by atoms with E-state index in [1.807, 2.05) is 20.8 Å². The first-order valence-corrected chi connectivity index (χ1v) is 10.3. The van der Waals surface area contributed by atoms with E-state index < -0.39 is 0 Å². The standard InChI is InChI=1S/C24H27N3O4/c1-4-24(2,3)26-23(31)18-9-11-19(12-10-18)25-22(30)17-7-5-16(6-8-17)15-27-20(28)13-14-21(27)29/h5-12H,4,13-15H2,1-3H3,(H,25,30)(H,26,31). The Hall–Kier alpha value is -3.48. The maximum atomic E-state index is 12.5.